The van der Waals surface area contributed by atoms with E-state index < -0.39 is 0 Å². The molecule has 1 unspecified atom stereocenters. The molecule has 2 aromatic heterocycles. The van der Waals surface area contributed by atoms with Gasteiger partial charge in [-0.15, -0.1) is 0 Å². The third kappa shape index (κ3) is 3.01. The average Bonchev–Trinajstić information content (AvgIpc) is 2.93. The van der Waals surface area contributed by atoms with E-state index in [0.29, 0.717) is 0 Å². The minimum Gasteiger partial charge on any atom is -0.469 e. The van der Waals surface area contributed by atoms with Gasteiger partial charge in [0.15, 0.2) is 0 Å². The van der Waals surface area contributed by atoms with Crippen LogP contribution in [-0.2, 0) is 13.5 Å². The second-order valence-corrected chi connectivity index (χ2v) is 4.62. The van der Waals surface area contributed by atoms with Crippen LogP contribution in [0, 0.1) is 6.92 Å². The smallest absolute Gasteiger partial charge is 0.105 e. The largest absolute Gasteiger partial charge is 0.469 e. The first-order chi connectivity index (χ1) is 8.70. The molecule has 98 valence electrons. The summed E-state index contributed by atoms with van der Waals surface area (Å²) in [7, 11) is 1.95. The topological polar surface area (TPSA) is 43.0 Å². The Kier molecular flexibility index (Phi) is 4.20. The van der Waals surface area contributed by atoms with Gasteiger partial charge in [-0.2, -0.15) is 5.10 Å². The summed E-state index contributed by atoms with van der Waals surface area (Å²) < 4.78 is 7.24. The lowest BCUT2D eigenvalue weighted by Crippen LogP contribution is -2.24. The fraction of sp³-hybridized carbons (Fsp3) is 0.500. The van der Waals surface area contributed by atoms with Crippen molar-refractivity contribution >= 4 is 0 Å². The Morgan fingerprint density at radius 1 is 1.44 bits per heavy atom. The van der Waals surface area contributed by atoms with Crippen LogP contribution in [0.3, 0.4) is 0 Å². The van der Waals surface area contributed by atoms with Gasteiger partial charge in [-0.3, -0.25) is 4.68 Å². The third-order valence-electron chi connectivity index (χ3n) is 3.10. The number of hydrogen-bond acceptors (Lipinski definition) is 3. The summed E-state index contributed by atoms with van der Waals surface area (Å²) in [5.41, 5.74) is 2.33. The van der Waals surface area contributed by atoms with E-state index in [9.17, 15) is 0 Å². The quantitative estimate of drug-likeness (QED) is 0.853. The summed E-state index contributed by atoms with van der Waals surface area (Å²) in [4.78, 5) is 0. The molecule has 0 aromatic carbocycles. The monoisotopic (exact) mass is 247 g/mol. The lowest BCUT2D eigenvalue weighted by atomic mass is 10.0. The van der Waals surface area contributed by atoms with E-state index in [4.69, 9.17) is 4.42 Å². The maximum absolute atomic E-state index is 5.40. The van der Waals surface area contributed by atoms with Crippen LogP contribution >= 0.6 is 0 Å². The zero-order chi connectivity index (χ0) is 13.0. The number of hydrogen-bond donors (Lipinski definition) is 1. The van der Waals surface area contributed by atoms with Crippen LogP contribution in [0.2, 0.25) is 0 Å². The molecule has 4 nitrogen and oxygen atoms in total. The number of nitrogens with zero attached hydrogens (tertiary/aromatic N) is 2. The van der Waals surface area contributed by atoms with Crippen LogP contribution in [0.15, 0.2) is 29.0 Å². The van der Waals surface area contributed by atoms with E-state index in [0.717, 1.165) is 30.8 Å². The van der Waals surface area contributed by atoms with Crippen molar-refractivity contribution in [2.75, 3.05) is 6.54 Å². The van der Waals surface area contributed by atoms with Gasteiger partial charge in [0.1, 0.15) is 5.76 Å². The zero-order valence-electron chi connectivity index (χ0n) is 11.3. The first kappa shape index (κ1) is 12.9. The Bertz CT molecular complexity index is 487. The number of nitrogens with one attached hydrogen (secondary N) is 1. The van der Waals surface area contributed by atoms with E-state index in [2.05, 4.69) is 23.4 Å². The van der Waals surface area contributed by atoms with E-state index in [1.54, 1.807) is 6.26 Å². The second-order valence-electron chi connectivity index (χ2n) is 4.62. The highest BCUT2D eigenvalue weighted by Crippen LogP contribution is 2.22. The van der Waals surface area contributed by atoms with Gasteiger partial charge in [0.2, 0.25) is 0 Å². The van der Waals surface area contributed by atoms with Crippen LogP contribution in [0.25, 0.3) is 0 Å². The highest BCUT2D eigenvalue weighted by atomic mass is 16.3. The predicted molar refractivity (Wildman–Crippen MR) is 71.4 cm³/mol. The van der Waals surface area contributed by atoms with Gasteiger partial charge >= 0.3 is 0 Å². The number of furan rings is 1. The SMILES string of the molecule is CCCNC(Cc1ccn(C)n1)c1ccoc1C. The van der Waals surface area contributed by atoms with Crippen LogP contribution in [-0.4, -0.2) is 16.3 Å². The molecule has 2 aromatic rings. The van der Waals surface area contributed by atoms with Crippen LogP contribution in [0.4, 0.5) is 0 Å². The standard InChI is InChI=1S/C14H21N3O/c1-4-7-15-14(13-6-9-18-11(13)2)10-12-5-8-17(3)16-12/h5-6,8-9,14-15H,4,7,10H2,1-3H3. The van der Waals surface area contributed by atoms with Crippen molar-refractivity contribution in [1.82, 2.24) is 15.1 Å². The van der Waals surface area contributed by atoms with E-state index >= 15 is 0 Å². The van der Waals surface area contributed by atoms with Gasteiger partial charge in [-0.05, 0) is 32.0 Å². The molecule has 2 rings (SSSR count). The molecule has 2 heterocycles. The predicted octanol–water partition coefficient (Wildman–Crippen LogP) is 2.60. The first-order valence-electron chi connectivity index (χ1n) is 6.46. The second kappa shape index (κ2) is 5.87. The summed E-state index contributed by atoms with van der Waals surface area (Å²) in [6, 6.07) is 4.39. The molecule has 0 aliphatic carbocycles. The lowest BCUT2D eigenvalue weighted by Gasteiger charge is -2.17. The molecule has 4 heteroatoms. The molecule has 1 N–H and O–H groups in total. The fourth-order valence-electron chi connectivity index (χ4n) is 2.15. The number of rotatable bonds is 6. The maximum Gasteiger partial charge on any atom is 0.105 e. The molecule has 0 radical (unpaired) electrons. The maximum atomic E-state index is 5.40. The molecule has 1 atom stereocenters. The van der Waals surface area contributed by atoms with Gasteiger partial charge in [0.25, 0.3) is 0 Å². The molecule has 18 heavy (non-hydrogen) atoms. The Labute approximate surface area is 108 Å². The van der Waals surface area contributed by atoms with Crippen molar-refractivity contribution in [1.29, 1.82) is 0 Å². The van der Waals surface area contributed by atoms with Gasteiger partial charge in [-0.25, -0.2) is 0 Å². The minimum absolute atomic E-state index is 0.276. The molecule has 0 amide bonds. The van der Waals surface area contributed by atoms with Gasteiger partial charge < -0.3 is 9.73 Å². The van der Waals surface area contributed by atoms with Crippen molar-refractivity contribution < 1.29 is 4.42 Å². The Balaban J connectivity index is 2.12. The molecule has 0 fully saturated rings. The van der Waals surface area contributed by atoms with Crippen molar-refractivity contribution in [3.05, 3.63) is 41.6 Å². The number of aromatic nitrogens is 2. The fourth-order valence-corrected chi connectivity index (χ4v) is 2.15. The summed E-state index contributed by atoms with van der Waals surface area (Å²) in [6.07, 6.45) is 5.75. The molecule has 0 aliphatic rings. The molecule has 0 spiro atoms. The highest BCUT2D eigenvalue weighted by Gasteiger charge is 2.16. The lowest BCUT2D eigenvalue weighted by molar-refractivity contribution is 0.490. The molecule has 0 bridgehead atoms. The minimum atomic E-state index is 0.276. The summed E-state index contributed by atoms with van der Waals surface area (Å²) in [5.74, 6) is 0.986. The highest BCUT2D eigenvalue weighted by molar-refractivity contribution is 5.22. The van der Waals surface area contributed by atoms with Gasteiger partial charge in [0, 0.05) is 31.3 Å². The summed E-state index contributed by atoms with van der Waals surface area (Å²) in [5, 5.41) is 8.01. The van der Waals surface area contributed by atoms with E-state index in [1.807, 2.05) is 30.9 Å². The Morgan fingerprint density at radius 3 is 2.83 bits per heavy atom. The van der Waals surface area contributed by atoms with E-state index in [1.165, 1.54) is 5.56 Å². The summed E-state index contributed by atoms with van der Waals surface area (Å²) in [6.45, 7) is 5.18. The Morgan fingerprint density at radius 2 is 2.28 bits per heavy atom. The van der Waals surface area contributed by atoms with Crippen molar-refractivity contribution in [3.63, 3.8) is 0 Å². The molecular formula is C14H21N3O. The van der Waals surface area contributed by atoms with Crippen molar-refractivity contribution in [2.45, 2.75) is 32.7 Å². The van der Waals surface area contributed by atoms with E-state index in [-0.39, 0.29) is 6.04 Å². The van der Waals surface area contributed by atoms with Gasteiger partial charge in [0.05, 0.1) is 12.0 Å². The third-order valence-corrected chi connectivity index (χ3v) is 3.10. The van der Waals surface area contributed by atoms with Crippen molar-refractivity contribution in [2.24, 2.45) is 7.05 Å². The first-order valence-corrected chi connectivity index (χ1v) is 6.46. The van der Waals surface area contributed by atoms with Crippen LogP contribution < -0.4 is 5.32 Å². The van der Waals surface area contributed by atoms with Crippen LogP contribution in [0.1, 0.15) is 36.4 Å². The van der Waals surface area contributed by atoms with Gasteiger partial charge in [-0.1, -0.05) is 6.92 Å². The normalized spacial score (nSPS) is 12.8. The molecule has 0 saturated carbocycles. The Hall–Kier alpha value is -1.55. The molecule has 0 saturated heterocycles. The zero-order valence-corrected chi connectivity index (χ0v) is 11.3. The van der Waals surface area contributed by atoms with Crippen molar-refractivity contribution in [3.8, 4) is 0 Å². The molecular weight excluding hydrogens is 226 g/mol. The van der Waals surface area contributed by atoms with Crippen LogP contribution in [0.5, 0.6) is 0 Å². The average molecular weight is 247 g/mol. The number of aryl methyl sites for hydroxylation is 2. The summed E-state index contributed by atoms with van der Waals surface area (Å²) >= 11 is 0. The molecule has 0 aliphatic heterocycles.